The molecule has 5 nitrogen and oxygen atoms in total. The zero-order valence-corrected chi connectivity index (χ0v) is 24.7. The highest BCUT2D eigenvalue weighted by atomic mass is 16.6. The van der Waals surface area contributed by atoms with Crippen molar-refractivity contribution >= 4 is 12.1 Å². The molecule has 4 unspecified atom stereocenters. The summed E-state index contributed by atoms with van der Waals surface area (Å²) in [7, 11) is 0. The van der Waals surface area contributed by atoms with Crippen LogP contribution in [0.25, 0.3) is 0 Å². The number of hydrogen-bond acceptors (Lipinski definition) is 4. The normalized spacial score (nSPS) is 15.1. The Kier molecular flexibility index (Phi) is 19.2. The molecule has 0 aromatic heterocycles. The van der Waals surface area contributed by atoms with Crippen LogP contribution in [0.4, 0.5) is 4.79 Å². The number of unbranched alkanes of at least 4 members (excludes halogenated alkanes) is 2. The molecule has 0 bridgehead atoms. The molecule has 208 valence electrons. The van der Waals surface area contributed by atoms with Crippen molar-refractivity contribution in [1.82, 2.24) is 4.90 Å². The molecule has 0 saturated heterocycles. The lowest BCUT2D eigenvalue weighted by atomic mass is 9.80. The molecule has 5 heteroatoms. The van der Waals surface area contributed by atoms with Crippen LogP contribution in [0.3, 0.4) is 0 Å². The molecule has 0 N–H and O–H groups in total. The minimum atomic E-state index is -0.264. The summed E-state index contributed by atoms with van der Waals surface area (Å²) in [6.07, 6.45) is 9.89. The Morgan fingerprint density at radius 1 is 0.743 bits per heavy atom. The zero-order chi connectivity index (χ0) is 26.8. The van der Waals surface area contributed by atoms with Crippen LogP contribution < -0.4 is 0 Å². The number of hydrogen-bond donors (Lipinski definition) is 0. The van der Waals surface area contributed by atoms with E-state index in [1.165, 1.54) is 25.7 Å². The van der Waals surface area contributed by atoms with Crippen molar-refractivity contribution in [1.29, 1.82) is 0 Å². The summed E-state index contributed by atoms with van der Waals surface area (Å²) in [4.78, 5) is 27.8. The van der Waals surface area contributed by atoms with Gasteiger partial charge in [0.2, 0.25) is 0 Å². The van der Waals surface area contributed by atoms with E-state index in [2.05, 4.69) is 62.3 Å². The van der Waals surface area contributed by atoms with Gasteiger partial charge in [-0.3, -0.25) is 4.79 Å². The van der Waals surface area contributed by atoms with Gasteiger partial charge in [0.05, 0.1) is 5.92 Å². The number of esters is 1. The van der Waals surface area contributed by atoms with Crippen molar-refractivity contribution in [3.63, 3.8) is 0 Å². The first-order valence-corrected chi connectivity index (χ1v) is 14.7. The van der Waals surface area contributed by atoms with Gasteiger partial charge in [-0.2, -0.15) is 0 Å². The van der Waals surface area contributed by atoms with Gasteiger partial charge in [-0.1, -0.05) is 101 Å². The highest BCUT2D eigenvalue weighted by Crippen LogP contribution is 2.27. The zero-order valence-electron chi connectivity index (χ0n) is 24.7. The average molecular weight is 498 g/mol. The average Bonchev–Trinajstić information content (AvgIpc) is 2.79. The van der Waals surface area contributed by atoms with E-state index in [0.717, 1.165) is 45.2 Å². The molecule has 0 aliphatic carbocycles. The molecular weight excluding hydrogens is 438 g/mol. The molecule has 35 heavy (non-hydrogen) atoms. The van der Waals surface area contributed by atoms with Crippen molar-refractivity contribution in [2.24, 2.45) is 35.5 Å². The van der Waals surface area contributed by atoms with Crippen molar-refractivity contribution in [3.8, 4) is 0 Å². The molecule has 0 aliphatic rings. The minimum Gasteiger partial charge on any atom is -0.462 e. The monoisotopic (exact) mass is 497 g/mol. The summed E-state index contributed by atoms with van der Waals surface area (Å²) in [5.74, 6) is 1.73. The third-order valence-corrected chi connectivity index (χ3v) is 7.30. The standard InChI is InChI=1S/C30H59NO4/c1-10-14-16-26(12-3)21-31(22-27(13-4)17-15-11-2)30(33)35-19-18-34-29(32)28(24(7)8)25(9)20-23(5)6/h23-28H,10-22H2,1-9H3. The quantitative estimate of drug-likeness (QED) is 0.125. The number of ether oxygens (including phenoxy) is 2. The Hall–Kier alpha value is -1.26. The maximum Gasteiger partial charge on any atom is 0.409 e. The van der Waals surface area contributed by atoms with Gasteiger partial charge in [-0.05, 0) is 48.9 Å². The van der Waals surface area contributed by atoms with Crippen LogP contribution in [0.15, 0.2) is 0 Å². The second-order valence-electron chi connectivity index (χ2n) is 11.4. The predicted octanol–water partition coefficient (Wildman–Crippen LogP) is 8.36. The van der Waals surface area contributed by atoms with Crippen LogP contribution in [0, 0.1) is 35.5 Å². The van der Waals surface area contributed by atoms with Crippen LogP contribution in [0.2, 0.25) is 0 Å². The van der Waals surface area contributed by atoms with Gasteiger partial charge in [0.15, 0.2) is 0 Å². The smallest absolute Gasteiger partial charge is 0.409 e. The Morgan fingerprint density at radius 3 is 1.63 bits per heavy atom. The molecule has 0 aliphatic heterocycles. The molecule has 0 heterocycles. The van der Waals surface area contributed by atoms with Crippen LogP contribution in [-0.2, 0) is 14.3 Å². The van der Waals surface area contributed by atoms with E-state index >= 15 is 0 Å². The fraction of sp³-hybridized carbons (Fsp3) is 0.933. The van der Waals surface area contributed by atoms with Crippen molar-refractivity contribution in [2.45, 2.75) is 120 Å². The highest BCUT2D eigenvalue weighted by molar-refractivity contribution is 5.73. The van der Waals surface area contributed by atoms with E-state index in [1.807, 2.05) is 4.90 Å². The fourth-order valence-electron chi connectivity index (χ4n) is 5.19. The molecule has 0 aromatic rings. The second kappa shape index (κ2) is 19.9. The lowest BCUT2D eigenvalue weighted by Gasteiger charge is -2.30. The summed E-state index contributed by atoms with van der Waals surface area (Å²) in [6, 6.07) is 0. The molecule has 0 aromatic carbocycles. The topological polar surface area (TPSA) is 55.8 Å². The van der Waals surface area contributed by atoms with Gasteiger partial charge >= 0.3 is 12.1 Å². The molecule has 0 rings (SSSR count). The number of nitrogens with zero attached hydrogens (tertiary/aromatic N) is 1. The first-order valence-electron chi connectivity index (χ1n) is 14.7. The Labute approximate surface area is 218 Å². The Morgan fingerprint density at radius 2 is 1.23 bits per heavy atom. The largest absolute Gasteiger partial charge is 0.462 e. The van der Waals surface area contributed by atoms with Crippen LogP contribution in [0.5, 0.6) is 0 Å². The first kappa shape index (κ1) is 33.7. The lowest BCUT2D eigenvalue weighted by Crippen LogP contribution is -2.40. The number of amides is 1. The van der Waals surface area contributed by atoms with Gasteiger partial charge in [-0.25, -0.2) is 4.79 Å². The van der Waals surface area contributed by atoms with E-state index in [0.29, 0.717) is 17.8 Å². The summed E-state index contributed by atoms with van der Waals surface area (Å²) in [5, 5.41) is 0. The van der Waals surface area contributed by atoms with E-state index in [1.54, 1.807) is 0 Å². The van der Waals surface area contributed by atoms with Gasteiger partial charge in [-0.15, -0.1) is 0 Å². The van der Waals surface area contributed by atoms with E-state index in [4.69, 9.17) is 9.47 Å². The van der Waals surface area contributed by atoms with Crippen LogP contribution in [0.1, 0.15) is 120 Å². The second-order valence-corrected chi connectivity index (χ2v) is 11.4. The molecule has 0 radical (unpaired) electrons. The van der Waals surface area contributed by atoms with Crippen LogP contribution in [-0.4, -0.2) is 43.3 Å². The summed E-state index contributed by atoms with van der Waals surface area (Å²) >= 11 is 0. The van der Waals surface area contributed by atoms with Crippen molar-refractivity contribution in [3.05, 3.63) is 0 Å². The Bertz CT molecular complexity index is 530. The summed E-state index contributed by atoms with van der Waals surface area (Å²) < 4.78 is 11.2. The minimum absolute atomic E-state index is 0.113. The lowest BCUT2D eigenvalue weighted by molar-refractivity contribution is -0.153. The van der Waals surface area contributed by atoms with E-state index in [9.17, 15) is 9.59 Å². The molecule has 4 atom stereocenters. The summed E-state index contributed by atoms with van der Waals surface area (Å²) in [5.41, 5.74) is 0. The summed E-state index contributed by atoms with van der Waals surface area (Å²) in [6.45, 7) is 21.2. The van der Waals surface area contributed by atoms with Crippen molar-refractivity contribution < 1.29 is 19.1 Å². The molecule has 0 spiro atoms. The Balaban J connectivity index is 4.99. The SMILES string of the molecule is CCCCC(CC)CN(CC(CC)CCCC)C(=O)OCCOC(=O)C(C(C)C)C(C)CC(C)C. The van der Waals surface area contributed by atoms with Gasteiger partial charge in [0.25, 0.3) is 0 Å². The number of carbonyl (C=O) groups excluding carboxylic acids is 2. The maximum absolute atomic E-state index is 13.1. The van der Waals surface area contributed by atoms with Crippen LogP contribution >= 0.6 is 0 Å². The van der Waals surface area contributed by atoms with Gasteiger partial charge in [0, 0.05) is 13.1 Å². The molecule has 0 saturated carbocycles. The highest BCUT2D eigenvalue weighted by Gasteiger charge is 2.30. The third-order valence-electron chi connectivity index (χ3n) is 7.30. The number of rotatable bonds is 20. The predicted molar refractivity (Wildman–Crippen MR) is 147 cm³/mol. The molecule has 0 fully saturated rings. The number of carbonyl (C=O) groups is 2. The third kappa shape index (κ3) is 14.8. The fourth-order valence-corrected chi connectivity index (χ4v) is 5.19. The van der Waals surface area contributed by atoms with E-state index < -0.39 is 0 Å². The van der Waals surface area contributed by atoms with Gasteiger partial charge in [0.1, 0.15) is 13.2 Å². The first-order chi connectivity index (χ1) is 16.6. The van der Waals surface area contributed by atoms with Crippen molar-refractivity contribution in [2.75, 3.05) is 26.3 Å². The maximum atomic E-state index is 13.1. The van der Waals surface area contributed by atoms with E-state index in [-0.39, 0.29) is 43.0 Å². The van der Waals surface area contributed by atoms with Gasteiger partial charge < -0.3 is 14.4 Å². The molecular formula is C30H59NO4. The molecule has 1 amide bonds.